The first-order chi connectivity index (χ1) is 7.19. The summed E-state index contributed by atoms with van der Waals surface area (Å²) < 4.78 is 5.41. The van der Waals surface area contributed by atoms with Gasteiger partial charge in [0.05, 0.1) is 12.6 Å². The highest BCUT2D eigenvalue weighted by molar-refractivity contribution is 6.31. The summed E-state index contributed by atoms with van der Waals surface area (Å²) in [6.45, 7) is 5.40. The van der Waals surface area contributed by atoms with Crippen LogP contribution < -0.4 is 5.32 Å². The van der Waals surface area contributed by atoms with Crippen LogP contribution in [0, 0.1) is 6.92 Å². The molecule has 0 bridgehead atoms. The van der Waals surface area contributed by atoms with E-state index in [4.69, 9.17) is 16.3 Å². The van der Waals surface area contributed by atoms with Gasteiger partial charge in [0.1, 0.15) is 0 Å². The van der Waals surface area contributed by atoms with Crippen molar-refractivity contribution in [1.82, 2.24) is 5.32 Å². The molecule has 0 saturated carbocycles. The summed E-state index contributed by atoms with van der Waals surface area (Å²) >= 11 is 6.19. The second-order valence-corrected chi connectivity index (χ2v) is 3.93. The summed E-state index contributed by atoms with van der Waals surface area (Å²) in [7, 11) is 1.92. The highest BCUT2D eigenvalue weighted by atomic mass is 35.5. The number of hydrogen-bond donors (Lipinski definition) is 1. The Morgan fingerprint density at radius 1 is 1.47 bits per heavy atom. The summed E-state index contributed by atoms with van der Waals surface area (Å²) in [5.41, 5.74) is 2.27. The van der Waals surface area contributed by atoms with Crippen LogP contribution in [0.4, 0.5) is 0 Å². The van der Waals surface area contributed by atoms with Crippen LogP contribution in [-0.2, 0) is 4.74 Å². The molecular weight excluding hydrogens is 210 g/mol. The molecule has 3 heteroatoms. The molecule has 0 aliphatic carbocycles. The predicted molar refractivity (Wildman–Crippen MR) is 64.5 cm³/mol. The summed E-state index contributed by atoms with van der Waals surface area (Å²) in [5.74, 6) is 0. The molecule has 0 amide bonds. The zero-order chi connectivity index (χ0) is 11.3. The molecule has 1 N–H and O–H groups in total. The quantitative estimate of drug-likeness (QED) is 0.835. The first kappa shape index (κ1) is 12.5. The molecule has 1 unspecified atom stereocenters. The van der Waals surface area contributed by atoms with Gasteiger partial charge in [0, 0.05) is 11.6 Å². The largest absolute Gasteiger partial charge is 0.380 e. The molecule has 15 heavy (non-hydrogen) atoms. The van der Waals surface area contributed by atoms with Gasteiger partial charge >= 0.3 is 0 Å². The topological polar surface area (TPSA) is 21.3 Å². The molecule has 0 radical (unpaired) electrons. The van der Waals surface area contributed by atoms with E-state index in [9.17, 15) is 0 Å². The van der Waals surface area contributed by atoms with Gasteiger partial charge in [0.15, 0.2) is 0 Å². The molecule has 0 saturated heterocycles. The molecule has 0 aromatic heterocycles. The molecule has 1 atom stereocenters. The third kappa shape index (κ3) is 3.49. The average Bonchev–Trinajstić information content (AvgIpc) is 2.21. The molecule has 0 fully saturated rings. The monoisotopic (exact) mass is 227 g/mol. The zero-order valence-corrected chi connectivity index (χ0v) is 10.3. The average molecular weight is 228 g/mol. The maximum Gasteiger partial charge on any atom is 0.0661 e. The fourth-order valence-electron chi connectivity index (χ4n) is 1.48. The van der Waals surface area contributed by atoms with Crippen LogP contribution in [0.2, 0.25) is 5.02 Å². The van der Waals surface area contributed by atoms with Gasteiger partial charge in [0.25, 0.3) is 0 Å². The van der Waals surface area contributed by atoms with Gasteiger partial charge in [-0.15, -0.1) is 0 Å². The molecule has 0 aliphatic heterocycles. The predicted octanol–water partition coefficient (Wildman–Crippen LogP) is 2.95. The van der Waals surface area contributed by atoms with Gasteiger partial charge in [0.2, 0.25) is 0 Å². The molecule has 1 rings (SSSR count). The molecule has 1 aromatic carbocycles. The van der Waals surface area contributed by atoms with Crippen LogP contribution in [0.25, 0.3) is 0 Å². The first-order valence-electron chi connectivity index (χ1n) is 5.20. The summed E-state index contributed by atoms with van der Waals surface area (Å²) in [6.07, 6.45) is 0. The lowest BCUT2D eigenvalue weighted by atomic mass is 10.1. The summed E-state index contributed by atoms with van der Waals surface area (Å²) in [6, 6.07) is 6.26. The minimum atomic E-state index is 0.165. The van der Waals surface area contributed by atoms with Gasteiger partial charge in [-0.05, 0) is 38.1 Å². The number of likely N-dealkylation sites (N-methyl/N-ethyl adjacent to an activating group) is 1. The normalized spacial score (nSPS) is 12.8. The van der Waals surface area contributed by atoms with Crippen LogP contribution >= 0.6 is 11.6 Å². The van der Waals surface area contributed by atoms with Crippen molar-refractivity contribution >= 4 is 11.6 Å². The molecule has 0 heterocycles. The number of halogens is 1. The van der Waals surface area contributed by atoms with E-state index < -0.39 is 0 Å². The van der Waals surface area contributed by atoms with Crippen LogP contribution in [0.5, 0.6) is 0 Å². The second kappa shape index (κ2) is 6.11. The van der Waals surface area contributed by atoms with Crippen molar-refractivity contribution in [3.05, 3.63) is 34.3 Å². The minimum Gasteiger partial charge on any atom is -0.380 e. The van der Waals surface area contributed by atoms with E-state index in [2.05, 4.69) is 17.4 Å². The Morgan fingerprint density at radius 2 is 2.20 bits per heavy atom. The minimum absolute atomic E-state index is 0.165. The molecule has 84 valence electrons. The lowest BCUT2D eigenvalue weighted by Gasteiger charge is -2.18. The van der Waals surface area contributed by atoms with Crippen LogP contribution in [0.1, 0.15) is 24.1 Å². The Balaban J connectivity index is 2.81. The van der Waals surface area contributed by atoms with Crippen LogP contribution in [0.15, 0.2) is 18.2 Å². The van der Waals surface area contributed by atoms with E-state index in [0.717, 1.165) is 17.2 Å². The van der Waals surface area contributed by atoms with Crippen molar-refractivity contribution < 1.29 is 4.74 Å². The number of nitrogens with one attached hydrogen (secondary N) is 1. The number of rotatable bonds is 5. The summed E-state index contributed by atoms with van der Waals surface area (Å²) in [5, 5.41) is 4.00. The fraction of sp³-hybridized carbons (Fsp3) is 0.500. The molecule has 1 aromatic rings. The third-order valence-electron chi connectivity index (χ3n) is 2.37. The lowest BCUT2D eigenvalue weighted by molar-refractivity contribution is 0.125. The lowest BCUT2D eigenvalue weighted by Crippen LogP contribution is -2.22. The van der Waals surface area contributed by atoms with Crippen molar-refractivity contribution in [2.24, 2.45) is 0 Å². The number of ether oxygens (including phenoxy) is 1. The zero-order valence-electron chi connectivity index (χ0n) is 9.51. The summed E-state index contributed by atoms with van der Waals surface area (Å²) in [4.78, 5) is 0. The van der Waals surface area contributed by atoms with Crippen molar-refractivity contribution in [3.63, 3.8) is 0 Å². The first-order valence-corrected chi connectivity index (χ1v) is 5.58. The Bertz CT molecular complexity index is 314. The SMILES string of the molecule is CCOCC(NC)c1ccc(C)cc1Cl. The van der Waals surface area contributed by atoms with E-state index in [1.54, 1.807) is 0 Å². The number of aryl methyl sites for hydroxylation is 1. The molecule has 2 nitrogen and oxygen atoms in total. The van der Waals surface area contributed by atoms with Gasteiger partial charge in [-0.2, -0.15) is 0 Å². The molecular formula is C12H18ClNO. The van der Waals surface area contributed by atoms with E-state index in [0.29, 0.717) is 6.61 Å². The standard InChI is InChI=1S/C12H18ClNO/c1-4-15-8-12(14-3)10-6-5-9(2)7-11(10)13/h5-7,12,14H,4,8H2,1-3H3. The number of benzene rings is 1. The van der Waals surface area contributed by atoms with E-state index >= 15 is 0 Å². The van der Waals surface area contributed by atoms with Crippen molar-refractivity contribution in [2.45, 2.75) is 19.9 Å². The van der Waals surface area contributed by atoms with E-state index in [1.165, 1.54) is 5.56 Å². The van der Waals surface area contributed by atoms with Gasteiger partial charge in [-0.25, -0.2) is 0 Å². The van der Waals surface area contributed by atoms with Crippen molar-refractivity contribution in [2.75, 3.05) is 20.3 Å². The fourth-order valence-corrected chi connectivity index (χ4v) is 1.85. The van der Waals surface area contributed by atoms with E-state index in [-0.39, 0.29) is 6.04 Å². The number of hydrogen-bond acceptors (Lipinski definition) is 2. The Hall–Kier alpha value is -0.570. The van der Waals surface area contributed by atoms with Crippen LogP contribution in [-0.4, -0.2) is 20.3 Å². The Kier molecular flexibility index (Phi) is 5.09. The highest BCUT2D eigenvalue weighted by Gasteiger charge is 2.12. The second-order valence-electron chi connectivity index (χ2n) is 3.53. The van der Waals surface area contributed by atoms with Crippen molar-refractivity contribution in [3.8, 4) is 0 Å². The molecule has 0 aliphatic rings. The highest BCUT2D eigenvalue weighted by Crippen LogP contribution is 2.24. The third-order valence-corrected chi connectivity index (χ3v) is 2.70. The maximum absolute atomic E-state index is 6.19. The van der Waals surface area contributed by atoms with Gasteiger partial charge in [-0.1, -0.05) is 23.7 Å². The van der Waals surface area contributed by atoms with Gasteiger partial charge < -0.3 is 10.1 Å². The van der Waals surface area contributed by atoms with E-state index in [1.807, 2.05) is 27.0 Å². The Morgan fingerprint density at radius 3 is 2.73 bits per heavy atom. The smallest absolute Gasteiger partial charge is 0.0661 e. The Labute approximate surface area is 96.6 Å². The van der Waals surface area contributed by atoms with Gasteiger partial charge in [-0.3, -0.25) is 0 Å². The van der Waals surface area contributed by atoms with Crippen molar-refractivity contribution in [1.29, 1.82) is 0 Å². The van der Waals surface area contributed by atoms with Crippen LogP contribution in [0.3, 0.4) is 0 Å². The molecule has 0 spiro atoms. The maximum atomic E-state index is 6.19.